The number of halogens is 4. The molecule has 16 nitrogen and oxygen atoms in total. The lowest BCUT2D eigenvalue weighted by molar-refractivity contribution is -0.125. The number of sulfone groups is 1. The molecule has 1 amide bonds. The maximum absolute atomic E-state index is 13.0. The van der Waals surface area contributed by atoms with Crippen LogP contribution >= 0.6 is 46.4 Å². The highest BCUT2D eigenvalue weighted by atomic mass is 35.5. The molecule has 0 bridgehead atoms. The van der Waals surface area contributed by atoms with E-state index in [-0.39, 0.29) is 78.3 Å². The standard InChI is InChI=1S/C54H70Cl4N4O12S2/c1-61-35-48(46-31-41(55)33-52(57)50(46)37-61)39-6-11-44(12-7-39)75(65,66)30-4-19-70-23-27-73-26-22-69-18-3-5-43(63)10-15-54(64)59-16-20-71-24-28-74-29-25-72-21-17-60-76(67,68)45-13-8-40(9-14-45)49-36-62(2)38-51-47(49)32-42(56)34-53(51)58/h6-9,11-14,31-34,48-49,60H,3-5,10,15-30,35-38H2,1-2H3,(H,59,64). The molecule has 0 fully saturated rings. The van der Waals surface area contributed by atoms with Crippen molar-refractivity contribution in [1.82, 2.24) is 19.8 Å². The van der Waals surface area contributed by atoms with Crippen molar-refractivity contribution < 1.29 is 54.8 Å². The molecule has 418 valence electrons. The second-order valence-electron chi connectivity index (χ2n) is 18.8. The number of hydrogen-bond donors (Lipinski definition) is 2. The summed E-state index contributed by atoms with van der Waals surface area (Å²) in [6.45, 7) is 7.11. The second-order valence-corrected chi connectivity index (χ2v) is 24.3. The number of ether oxygens (including phenoxy) is 6. The first kappa shape index (κ1) is 61.9. The highest BCUT2D eigenvalue weighted by Gasteiger charge is 2.29. The Morgan fingerprint density at radius 1 is 0.539 bits per heavy atom. The summed E-state index contributed by atoms with van der Waals surface area (Å²) in [4.78, 5) is 29.2. The minimum atomic E-state index is -3.73. The highest BCUT2D eigenvalue weighted by molar-refractivity contribution is 7.91. The van der Waals surface area contributed by atoms with Gasteiger partial charge in [0.15, 0.2) is 9.84 Å². The van der Waals surface area contributed by atoms with E-state index in [0.717, 1.165) is 53.0 Å². The number of carbonyl (C=O) groups excluding carboxylic acids is 2. The summed E-state index contributed by atoms with van der Waals surface area (Å²) in [6, 6.07) is 21.3. The summed E-state index contributed by atoms with van der Waals surface area (Å²) in [5.41, 5.74) is 6.16. The SMILES string of the molecule is CN1Cc2c(Cl)cc(Cl)cc2C(c2ccc(S(=O)(=O)CCCOCCOCCOCCCC(=O)CCC(=O)NCCOCCOCCOCCNS(=O)(=O)c3ccc(C4CN(C)Cc5c(Cl)cc(Cl)cc54)cc3)cc2)C1. The van der Waals surface area contributed by atoms with E-state index in [1.54, 1.807) is 36.4 Å². The number of nitrogens with one attached hydrogen (secondary N) is 2. The van der Waals surface area contributed by atoms with E-state index in [1.807, 2.05) is 50.5 Å². The molecule has 4 aromatic carbocycles. The molecule has 2 unspecified atom stereocenters. The van der Waals surface area contributed by atoms with Crippen LogP contribution in [0.4, 0.5) is 0 Å². The molecule has 22 heteroatoms. The van der Waals surface area contributed by atoms with Crippen LogP contribution in [0.3, 0.4) is 0 Å². The van der Waals surface area contributed by atoms with E-state index >= 15 is 0 Å². The first-order valence-corrected chi connectivity index (χ1v) is 30.2. The molecule has 2 heterocycles. The highest BCUT2D eigenvalue weighted by Crippen LogP contribution is 2.40. The van der Waals surface area contributed by atoms with E-state index in [2.05, 4.69) is 19.8 Å². The molecule has 2 atom stereocenters. The number of fused-ring (bicyclic) bond motifs is 2. The number of nitrogens with zero attached hydrogens (tertiary/aromatic N) is 2. The van der Waals surface area contributed by atoms with Gasteiger partial charge in [-0.25, -0.2) is 21.6 Å². The van der Waals surface area contributed by atoms with E-state index in [0.29, 0.717) is 112 Å². The normalized spacial score (nSPS) is 16.1. The van der Waals surface area contributed by atoms with E-state index in [1.165, 1.54) is 0 Å². The van der Waals surface area contributed by atoms with Crippen LogP contribution in [0.2, 0.25) is 20.1 Å². The van der Waals surface area contributed by atoms with Crippen LogP contribution in [-0.2, 0) is 71.0 Å². The van der Waals surface area contributed by atoms with Crippen LogP contribution in [-0.4, -0.2) is 164 Å². The third-order valence-corrected chi connectivity index (χ3v) is 17.3. The Hall–Kier alpha value is -3.28. The zero-order valence-corrected chi connectivity index (χ0v) is 47.8. The monoisotopic (exact) mass is 1170 g/mol. The summed E-state index contributed by atoms with van der Waals surface area (Å²) in [6.07, 6.45) is 1.45. The topological polar surface area (TPSA) is 188 Å². The molecule has 0 saturated heterocycles. The fourth-order valence-electron chi connectivity index (χ4n) is 9.03. The van der Waals surface area contributed by atoms with Crippen molar-refractivity contribution in [2.75, 3.05) is 125 Å². The van der Waals surface area contributed by atoms with Crippen molar-refractivity contribution in [3.63, 3.8) is 0 Å². The van der Waals surface area contributed by atoms with Crippen molar-refractivity contribution in [3.8, 4) is 0 Å². The van der Waals surface area contributed by atoms with Gasteiger partial charge in [0, 0.05) is 104 Å². The Morgan fingerprint density at radius 2 is 0.974 bits per heavy atom. The number of Topliss-reactive ketones (excluding diaryl/α,β-unsaturated/α-hetero) is 1. The molecule has 76 heavy (non-hydrogen) atoms. The molecule has 0 aliphatic carbocycles. The van der Waals surface area contributed by atoms with Crippen molar-refractivity contribution >= 4 is 78.0 Å². The first-order chi connectivity index (χ1) is 36.5. The zero-order chi connectivity index (χ0) is 54.5. The maximum Gasteiger partial charge on any atom is 0.240 e. The van der Waals surface area contributed by atoms with Crippen molar-refractivity contribution in [3.05, 3.63) is 126 Å². The minimum absolute atomic E-state index is 0.00408. The summed E-state index contributed by atoms with van der Waals surface area (Å²) < 4.78 is 87.6. The van der Waals surface area contributed by atoms with Crippen LogP contribution < -0.4 is 10.0 Å². The molecule has 0 spiro atoms. The van der Waals surface area contributed by atoms with E-state index in [9.17, 15) is 26.4 Å². The number of ketones is 1. The van der Waals surface area contributed by atoms with Gasteiger partial charge < -0.3 is 43.5 Å². The maximum atomic E-state index is 13.0. The van der Waals surface area contributed by atoms with Crippen molar-refractivity contribution in [2.45, 2.75) is 66.8 Å². The average molecular weight is 1170 g/mol. The summed E-state index contributed by atoms with van der Waals surface area (Å²) in [5, 5.41) is 5.15. The fraction of sp³-hybridized carbons (Fsp3) is 0.519. The van der Waals surface area contributed by atoms with Gasteiger partial charge in [-0.15, -0.1) is 0 Å². The van der Waals surface area contributed by atoms with Crippen molar-refractivity contribution in [1.29, 1.82) is 0 Å². The quantitative estimate of drug-likeness (QED) is 0.0429. The van der Waals surface area contributed by atoms with Crippen molar-refractivity contribution in [2.24, 2.45) is 0 Å². The predicted molar refractivity (Wildman–Crippen MR) is 295 cm³/mol. The lowest BCUT2D eigenvalue weighted by Gasteiger charge is -2.33. The van der Waals surface area contributed by atoms with Gasteiger partial charge in [0.1, 0.15) is 5.78 Å². The number of rotatable bonds is 34. The van der Waals surface area contributed by atoms with Gasteiger partial charge in [0.25, 0.3) is 0 Å². The number of benzene rings is 4. The van der Waals surface area contributed by atoms with Crippen LogP contribution in [0.15, 0.2) is 82.6 Å². The Morgan fingerprint density at radius 3 is 1.47 bits per heavy atom. The minimum Gasteiger partial charge on any atom is -0.379 e. The predicted octanol–water partition coefficient (Wildman–Crippen LogP) is 7.94. The molecule has 0 radical (unpaired) electrons. The lowest BCUT2D eigenvalue weighted by atomic mass is 9.85. The summed E-state index contributed by atoms with van der Waals surface area (Å²) in [5.74, 6) is -0.247. The Bertz CT molecular complexity index is 2540. The number of carbonyl (C=O) groups is 2. The number of sulfonamides is 1. The zero-order valence-electron chi connectivity index (χ0n) is 43.2. The molecule has 0 saturated carbocycles. The van der Waals surface area contributed by atoms with Crippen LogP contribution in [0, 0.1) is 0 Å². The summed E-state index contributed by atoms with van der Waals surface area (Å²) >= 11 is 25.6. The second kappa shape index (κ2) is 31.5. The molecule has 2 aliphatic rings. The Labute approximate surface area is 468 Å². The summed E-state index contributed by atoms with van der Waals surface area (Å²) in [7, 11) is -3.16. The van der Waals surface area contributed by atoms with Gasteiger partial charge in [0.2, 0.25) is 15.9 Å². The molecular formula is C54H70Cl4N4O12S2. The molecule has 6 rings (SSSR count). The smallest absolute Gasteiger partial charge is 0.240 e. The first-order valence-electron chi connectivity index (χ1n) is 25.5. The molecule has 0 aromatic heterocycles. The van der Waals surface area contributed by atoms with Gasteiger partial charge in [-0.05, 0) is 109 Å². The van der Waals surface area contributed by atoms with E-state index < -0.39 is 19.9 Å². The molecule has 2 aliphatic heterocycles. The molecular weight excluding hydrogens is 1100 g/mol. The third kappa shape index (κ3) is 19.8. The van der Waals surface area contributed by atoms with Crippen LogP contribution in [0.5, 0.6) is 0 Å². The van der Waals surface area contributed by atoms with Gasteiger partial charge in [0.05, 0.1) is 81.6 Å². The average Bonchev–Trinajstić information content (AvgIpc) is 3.40. The van der Waals surface area contributed by atoms with Crippen LogP contribution in [0.1, 0.15) is 77.3 Å². The number of likely N-dealkylation sites (N-methyl/N-ethyl adjacent to an activating group) is 2. The van der Waals surface area contributed by atoms with Gasteiger partial charge in [-0.2, -0.15) is 0 Å². The third-order valence-electron chi connectivity index (χ3n) is 12.9. The Kier molecular flexibility index (Phi) is 25.7. The fourth-order valence-corrected chi connectivity index (χ4v) is 12.5. The number of hydrogen-bond acceptors (Lipinski definition) is 14. The lowest BCUT2D eigenvalue weighted by Crippen LogP contribution is -2.31. The van der Waals surface area contributed by atoms with Gasteiger partial charge >= 0.3 is 0 Å². The molecule has 2 N–H and O–H groups in total. The van der Waals surface area contributed by atoms with E-state index in [4.69, 9.17) is 74.8 Å². The van der Waals surface area contributed by atoms with Crippen LogP contribution in [0.25, 0.3) is 0 Å². The van der Waals surface area contributed by atoms with Gasteiger partial charge in [-0.3, -0.25) is 9.59 Å². The Balaban J connectivity index is 0.681. The number of amides is 1. The largest absolute Gasteiger partial charge is 0.379 e. The molecule has 4 aromatic rings. The van der Waals surface area contributed by atoms with Gasteiger partial charge in [-0.1, -0.05) is 70.7 Å².